The van der Waals surface area contributed by atoms with Crippen LogP contribution in [0.5, 0.6) is 0 Å². The smallest absolute Gasteiger partial charge is 0.321 e. The Morgan fingerprint density at radius 2 is 2.18 bits per heavy atom. The second kappa shape index (κ2) is 6.54. The minimum absolute atomic E-state index is 0.132. The molecule has 1 aliphatic rings. The summed E-state index contributed by atoms with van der Waals surface area (Å²) in [7, 11) is 0. The van der Waals surface area contributed by atoms with Crippen LogP contribution in [0.15, 0.2) is 24.3 Å². The Morgan fingerprint density at radius 1 is 1.47 bits per heavy atom. The number of carboxylic acid groups (broad SMARTS) is 1. The molecule has 0 bridgehead atoms. The molecule has 0 aliphatic heterocycles. The second-order valence-electron chi connectivity index (χ2n) is 4.30. The van der Waals surface area contributed by atoms with E-state index in [2.05, 4.69) is 5.32 Å². The van der Waals surface area contributed by atoms with Crippen LogP contribution in [0.25, 0.3) is 0 Å². The Kier molecular flexibility index (Phi) is 5.34. The van der Waals surface area contributed by atoms with Gasteiger partial charge >= 0.3 is 5.97 Å². The molecule has 0 spiro atoms. The number of ether oxygens (including phenoxy) is 1. The van der Waals surface area contributed by atoms with Gasteiger partial charge in [-0.1, -0.05) is 38.2 Å². The summed E-state index contributed by atoms with van der Waals surface area (Å²) in [6.07, 6.45) is 6.65. The Balaban J connectivity index is 2.42. The van der Waals surface area contributed by atoms with Crippen molar-refractivity contribution in [2.24, 2.45) is 5.92 Å². The van der Waals surface area contributed by atoms with Gasteiger partial charge in [-0.05, 0) is 12.3 Å². The average molecular weight is 241 g/mol. The quantitative estimate of drug-likeness (QED) is 0.601. The van der Waals surface area contributed by atoms with Gasteiger partial charge in [0.25, 0.3) is 0 Å². The SMILES string of the molecule is CC(C)[C@H](NC(O)OC1C=CC=CC1)C(=O)O. The zero-order chi connectivity index (χ0) is 12.8. The van der Waals surface area contributed by atoms with Gasteiger partial charge in [0.2, 0.25) is 6.41 Å². The third-order valence-corrected chi connectivity index (χ3v) is 2.50. The van der Waals surface area contributed by atoms with Crippen LogP contribution in [0.2, 0.25) is 0 Å². The van der Waals surface area contributed by atoms with Gasteiger partial charge in [0.05, 0.1) is 6.10 Å². The van der Waals surface area contributed by atoms with E-state index in [4.69, 9.17) is 9.84 Å². The largest absolute Gasteiger partial charge is 0.480 e. The van der Waals surface area contributed by atoms with Crippen LogP contribution in [0, 0.1) is 5.92 Å². The fourth-order valence-electron chi connectivity index (χ4n) is 1.57. The Labute approximate surface area is 101 Å². The number of carbonyl (C=O) groups is 1. The molecule has 0 saturated carbocycles. The Morgan fingerprint density at radius 3 is 2.65 bits per heavy atom. The molecule has 0 aromatic carbocycles. The van der Waals surface area contributed by atoms with Crippen molar-refractivity contribution in [1.82, 2.24) is 5.32 Å². The summed E-state index contributed by atoms with van der Waals surface area (Å²) in [5, 5.41) is 21.1. The van der Waals surface area contributed by atoms with E-state index in [1.807, 2.05) is 24.3 Å². The number of aliphatic hydroxyl groups excluding tert-OH is 1. The number of carboxylic acids is 1. The second-order valence-corrected chi connectivity index (χ2v) is 4.30. The van der Waals surface area contributed by atoms with E-state index in [0.29, 0.717) is 6.42 Å². The van der Waals surface area contributed by atoms with Crippen LogP contribution in [0.1, 0.15) is 20.3 Å². The van der Waals surface area contributed by atoms with Crippen molar-refractivity contribution in [1.29, 1.82) is 0 Å². The normalized spacial score (nSPS) is 22.7. The van der Waals surface area contributed by atoms with E-state index in [1.54, 1.807) is 13.8 Å². The number of aliphatic hydroxyl groups is 1. The van der Waals surface area contributed by atoms with E-state index >= 15 is 0 Å². The molecule has 0 heterocycles. The minimum Gasteiger partial charge on any atom is -0.480 e. The first-order valence-corrected chi connectivity index (χ1v) is 5.66. The molecule has 0 aromatic heterocycles. The van der Waals surface area contributed by atoms with Crippen molar-refractivity contribution in [3.63, 3.8) is 0 Å². The maximum Gasteiger partial charge on any atom is 0.321 e. The molecule has 3 N–H and O–H groups in total. The predicted molar refractivity (Wildman–Crippen MR) is 63.2 cm³/mol. The zero-order valence-corrected chi connectivity index (χ0v) is 10.0. The highest BCUT2D eigenvalue weighted by Gasteiger charge is 2.25. The first-order chi connectivity index (χ1) is 8.00. The van der Waals surface area contributed by atoms with E-state index in [0.717, 1.165) is 0 Å². The lowest BCUT2D eigenvalue weighted by atomic mass is 10.1. The van der Waals surface area contributed by atoms with Crippen molar-refractivity contribution in [3.05, 3.63) is 24.3 Å². The van der Waals surface area contributed by atoms with Crippen molar-refractivity contribution in [2.45, 2.75) is 38.8 Å². The lowest BCUT2D eigenvalue weighted by Gasteiger charge is -2.24. The van der Waals surface area contributed by atoms with Gasteiger partial charge in [-0.15, -0.1) is 0 Å². The molecule has 1 rings (SSSR count). The topological polar surface area (TPSA) is 78.8 Å². The molecule has 2 unspecified atom stereocenters. The molecule has 5 heteroatoms. The molecule has 17 heavy (non-hydrogen) atoms. The summed E-state index contributed by atoms with van der Waals surface area (Å²) in [5.74, 6) is -1.13. The van der Waals surface area contributed by atoms with E-state index < -0.39 is 18.4 Å². The number of aliphatic carboxylic acids is 1. The molecule has 0 saturated heterocycles. The fourth-order valence-corrected chi connectivity index (χ4v) is 1.57. The lowest BCUT2D eigenvalue weighted by Crippen LogP contribution is -2.48. The molecule has 96 valence electrons. The fraction of sp³-hybridized carbons (Fsp3) is 0.583. The van der Waals surface area contributed by atoms with Gasteiger partial charge in [-0.25, -0.2) is 0 Å². The van der Waals surface area contributed by atoms with Gasteiger partial charge in [0, 0.05) is 0 Å². The maximum atomic E-state index is 10.9. The summed E-state index contributed by atoms with van der Waals surface area (Å²) < 4.78 is 5.27. The van der Waals surface area contributed by atoms with Gasteiger partial charge in [0.1, 0.15) is 6.04 Å². The van der Waals surface area contributed by atoms with Crippen LogP contribution in [0.4, 0.5) is 0 Å². The number of nitrogens with one attached hydrogen (secondary N) is 1. The van der Waals surface area contributed by atoms with Crippen LogP contribution >= 0.6 is 0 Å². The highest BCUT2D eigenvalue weighted by Crippen LogP contribution is 2.10. The Bertz CT molecular complexity index is 312. The molecule has 1 aliphatic carbocycles. The minimum atomic E-state index is -1.28. The molecule has 0 aromatic rings. The zero-order valence-electron chi connectivity index (χ0n) is 10.0. The van der Waals surface area contributed by atoms with Gasteiger partial charge < -0.3 is 14.9 Å². The van der Waals surface area contributed by atoms with Crippen LogP contribution < -0.4 is 5.32 Å². The summed E-state index contributed by atoms with van der Waals surface area (Å²) in [5.41, 5.74) is 0. The highest BCUT2D eigenvalue weighted by atomic mass is 16.6. The predicted octanol–water partition coefficient (Wildman–Crippen LogP) is 0.862. The molecule has 3 atom stereocenters. The summed E-state index contributed by atoms with van der Waals surface area (Å²) in [6, 6.07) is -0.826. The average Bonchev–Trinajstić information content (AvgIpc) is 2.26. The lowest BCUT2D eigenvalue weighted by molar-refractivity contribution is -0.162. The van der Waals surface area contributed by atoms with E-state index in [-0.39, 0.29) is 12.0 Å². The summed E-state index contributed by atoms with van der Waals surface area (Å²) in [4.78, 5) is 10.9. The van der Waals surface area contributed by atoms with E-state index in [1.165, 1.54) is 0 Å². The molecule has 0 radical (unpaired) electrons. The van der Waals surface area contributed by atoms with Gasteiger partial charge in [0.15, 0.2) is 0 Å². The summed E-state index contributed by atoms with van der Waals surface area (Å²) >= 11 is 0. The van der Waals surface area contributed by atoms with Gasteiger partial charge in [-0.2, -0.15) is 0 Å². The molecule has 0 amide bonds. The number of allylic oxidation sites excluding steroid dienone is 2. The highest BCUT2D eigenvalue weighted by molar-refractivity contribution is 5.73. The van der Waals surface area contributed by atoms with Crippen molar-refractivity contribution in [2.75, 3.05) is 0 Å². The van der Waals surface area contributed by atoms with Gasteiger partial charge in [-0.3, -0.25) is 10.1 Å². The summed E-state index contributed by atoms with van der Waals surface area (Å²) in [6.45, 7) is 3.53. The van der Waals surface area contributed by atoms with E-state index in [9.17, 15) is 9.90 Å². The third-order valence-electron chi connectivity index (χ3n) is 2.50. The first kappa shape index (κ1) is 13.9. The number of rotatable bonds is 6. The Hall–Kier alpha value is -1.17. The maximum absolute atomic E-state index is 10.9. The number of hydrogen-bond donors (Lipinski definition) is 3. The van der Waals surface area contributed by atoms with Crippen LogP contribution in [-0.4, -0.2) is 34.7 Å². The third kappa shape index (κ3) is 4.68. The van der Waals surface area contributed by atoms with Crippen molar-refractivity contribution in [3.8, 4) is 0 Å². The first-order valence-electron chi connectivity index (χ1n) is 5.66. The van der Waals surface area contributed by atoms with Crippen molar-refractivity contribution < 1.29 is 19.7 Å². The van der Waals surface area contributed by atoms with Crippen LogP contribution in [-0.2, 0) is 9.53 Å². The monoisotopic (exact) mass is 241 g/mol. The molecular formula is C12H19NO4. The molecule has 0 fully saturated rings. The molecule has 5 nitrogen and oxygen atoms in total. The standard InChI is InChI=1S/C12H19NO4/c1-8(2)10(11(14)15)13-12(16)17-9-6-4-3-5-7-9/h3-6,8-10,12-13,16H,7H2,1-2H3,(H,14,15)/t9?,10-,12?/m0/s1. The number of hydrogen-bond acceptors (Lipinski definition) is 4. The van der Waals surface area contributed by atoms with Crippen LogP contribution in [0.3, 0.4) is 0 Å². The molecular weight excluding hydrogens is 222 g/mol. The van der Waals surface area contributed by atoms with Crippen molar-refractivity contribution >= 4 is 5.97 Å².